The highest BCUT2D eigenvalue weighted by molar-refractivity contribution is 7.93. The largest absolute Gasteiger partial charge is 0.439 e. The first kappa shape index (κ1) is 20.8. The first-order valence-corrected chi connectivity index (χ1v) is 11.3. The van der Waals surface area contributed by atoms with Crippen molar-refractivity contribution in [3.05, 3.63) is 83.8 Å². The van der Waals surface area contributed by atoms with E-state index in [1.165, 1.54) is 16.4 Å². The quantitative estimate of drug-likeness (QED) is 0.633. The van der Waals surface area contributed by atoms with Gasteiger partial charge in [-0.05, 0) is 48.4 Å². The number of carbonyl (C=O) groups excluding carboxylic acids is 1. The molecule has 9 heteroatoms. The molecule has 31 heavy (non-hydrogen) atoms. The fourth-order valence-corrected chi connectivity index (χ4v) is 4.78. The number of nitrogens with one attached hydrogen (secondary N) is 1. The zero-order chi connectivity index (χ0) is 21.8. The van der Waals surface area contributed by atoms with Crippen LogP contribution in [0, 0.1) is 5.82 Å². The summed E-state index contributed by atoms with van der Waals surface area (Å²) in [5.41, 5.74) is 1.76. The van der Waals surface area contributed by atoms with Gasteiger partial charge in [0.15, 0.2) is 0 Å². The summed E-state index contributed by atoms with van der Waals surface area (Å²) in [6.07, 6.45) is 2.17. The van der Waals surface area contributed by atoms with Crippen LogP contribution in [0.2, 0.25) is 0 Å². The molecule has 0 atom stereocenters. The van der Waals surface area contributed by atoms with Crippen LogP contribution in [0.1, 0.15) is 22.3 Å². The molecule has 0 saturated carbocycles. The van der Waals surface area contributed by atoms with E-state index in [0.29, 0.717) is 35.8 Å². The Hall–Kier alpha value is -3.46. The number of pyridine rings is 1. The second kappa shape index (κ2) is 8.73. The molecule has 1 aliphatic rings. The Morgan fingerprint density at radius 2 is 1.94 bits per heavy atom. The molecule has 0 unspecified atom stereocenters. The molecule has 160 valence electrons. The molecule has 1 aromatic heterocycles. The minimum absolute atomic E-state index is 0.148. The molecular formula is C22H20FN3O4S. The molecule has 1 fully saturated rings. The summed E-state index contributed by atoms with van der Waals surface area (Å²) >= 11 is 0. The third-order valence-electron chi connectivity index (χ3n) is 4.79. The summed E-state index contributed by atoms with van der Waals surface area (Å²) < 4.78 is 44.1. The molecule has 2 aromatic carbocycles. The van der Waals surface area contributed by atoms with Crippen molar-refractivity contribution in [3.63, 3.8) is 0 Å². The van der Waals surface area contributed by atoms with Crippen molar-refractivity contribution in [1.29, 1.82) is 0 Å². The number of ether oxygens (including phenoxy) is 1. The number of amides is 1. The molecular weight excluding hydrogens is 421 g/mol. The van der Waals surface area contributed by atoms with Crippen molar-refractivity contribution >= 4 is 21.6 Å². The predicted octanol–water partition coefficient (Wildman–Crippen LogP) is 3.48. The second-order valence-electron chi connectivity index (χ2n) is 7.04. The maximum absolute atomic E-state index is 13.2. The van der Waals surface area contributed by atoms with Crippen LogP contribution in [0.25, 0.3) is 0 Å². The minimum atomic E-state index is -3.25. The van der Waals surface area contributed by atoms with Crippen LogP contribution >= 0.6 is 0 Å². The summed E-state index contributed by atoms with van der Waals surface area (Å²) in [6, 6.07) is 15.6. The number of carbonyl (C=O) groups is 1. The lowest BCUT2D eigenvalue weighted by molar-refractivity contribution is 0.0951. The number of benzene rings is 2. The van der Waals surface area contributed by atoms with Gasteiger partial charge >= 0.3 is 0 Å². The number of hydrogen-bond donors (Lipinski definition) is 1. The van der Waals surface area contributed by atoms with E-state index in [2.05, 4.69) is 10.3 Å². The van der Waals surface area contributed by atoms with Crippen LogP contribution in [-0.2, 0) is 16.6 Å². The van der Waals surface area contributed by atoms with Gasteiger partial charge in [-0.15, -0.1) is 0 Å². The molecule has 0 spiro atoms. The third kappa shape index (κ3) is 5.00. The number of rotatable bonds is 6. The molecule has 3 aromatic rings. The van der Waals surface area contributed by atoms with Crippen LogP contribution in [0.4, 0.5) is 10.1 Å². The number of anilines is 1. The third-order valence-corrected chi connectivity index (χ3v) is 6.66. The summed E-state index contributed by atoms with van der Waals surface area (Å²) in [5, 5.41) is 2.80. The van der Waals surface area contributed by atoms with Gasteiger partial charge in [0.2, 0.25) is 15.9 Å². The standard InChI is InChI=1S/C22H20FN3O4S/c23-18-3-1-4-20(13-18)30-21-10-5-16(14-24-21)15-25-22(27)17-6-8-19(9-7-17)26-11-2-12-31(26,28)29/h1,3-10,13-14H,2,11-12,15H2,(H,25,27). The highest BCUT2D eigenvalue weighted by Crippen LogP contribution is 2.24. The molecule has 7 nitrogen and oxygen atoms in total. The van der Waals surface area contributed by atoms with Gasteiger partial charge in [-0.2, -0.15) is 0 Å². The molecule has 1 amide bonds. The van der Waals surface area contributed by atoms with Crippen molar-refractivity contribution in [1.82, 2.24) is 10.3 Å². The van der Waals surface area contributed by atoms with Gasteiger partial charge in [0.1, 0.15) is 11.6 Å². The van der Waals surface area contributed by atoms with Gasteiger partial charge in [-0.3, -0.25) is 9.10 Å². The van der Waals surface area contributed by atoms with Crippen molar-refractivity contribution in [2.45, 2.75) is 13.0 Å². The molecule has 0 radical (unpaired) electrons. The average Bonchev–Trinajstić information content (AvgIpc) is 3.12. The first-order chi connectivity index (χ1) is 14.9. The van der Waals surface area contributed by atoms with E-state index < -0.39 is 15.8 Å². The Balaban J connectivity index is 1.33. The number of halogens is 1. The minimum Gasteiger partial charge on any atom is -0.439 e. The Morgan fingerprint density at radius 1 is 1.13 bits per heavy atom. The molecule has 2 heterocycles. The maximum Gasteiger partial charge on any atom is 0.251 e. The number of aromatic nitrogens is 1. The van der Waals surface area contributed by atoms with Crippen LogP contribution < -0.4 is 14.4 Å². The zero-order valence-corrected chi connectivity index (χ0v) is 17.3. The Kier molecular flexibility index (Phi) is 5.85. The van der Waals surface area contributed by atoms with Crippen molar-refractivity contribution in [2.24, 2.45) is 0 Å². The summed E-state index contributed by atoms with van der Waals surface area (Å²) in [5.74, 6) is 0.129. The van der Waals surface area contributed by atoms with Crippen molar-refractivity contribution in [2.75, 3.05) is 16.6 Å². The van der Waals surface area contributed by atoms with Gasteiger partial charge in [0.05, 0.1) is 11.4 Å². The van der Waals surface area contributed by atoms with Crippen LogP contribution in [-0.4, -0.2) is 31.6 Å². The summed E-state index contributed by atoms with van der Waals surface area (Å²) in [4.78, 5) is 16.6. The van der Waals surface area contributed by atoms with Crippen molar-refractivity contribution in [3.8, 4) is 11.6 Å². The normalized spacial score (nSPS) is 14.9. The van der Waals surface area contributed by atoms with E-state index in [0.717, 1.165) is 5.56 Å². The maximum atomic E-state index is 13.2. The SMILES string of the molecule is O=C(NCc1ccc(Oc2cccc(F)c2)nc1)c1ccc(N2CCCS2(=O)=O)cc1. The molecule has 1 N–H and O–H groups in total. The lowest BCUT2D eigenvalue weighted by atomic mass is 10.2. The van der Waals surface area contributed by atoms with Crippen LogP contribution in [0.15, 0.2) is 66.9 Å². The lowest BCUT2D eigenvalue weighted by Gasteiger charge is -2.17. The second-order valence-corrected chi connectivity index (χ2v) is 9.05. The topological polar surface area (TPSA) is 88.6 Å². The van der Waals surface area contributed by atoms with E-state index >= 15 is 0 Å². The van der Waals surface area contributed by atoms with Crippen LogP contribution in [0.3, 0.4) is 0 Å². The van der Waals surface area contributed by atoms with E-state index in [9.17, 15) is 17.6 Å². The Bertz CT molecular complexity index is 1180. The monoisotopic (exact) mass is 441 g/mol. The van der Waals surface area contributed by atoms with Gasteiger partial charge < -0.3 is 10.1 Å². The highest BCUT2D eigenvalue weighted by Gasteiger charge is 2.28. The Labute approximate surface area is 179 Å². The van der Waals surface area contributed by atoms with E-state index in [1.807, 2.05) is 0 Å². The molecule has 0 aliphatic carbocycles. The predicted molar refractivity (Wildman–Crippen MR) is 114 cm³/mol. The van der Waals surface area contributed by atoms with Gasteiger partial charge in [-0.1, -0.05) is 12.1 Å². The van der Waals surface area contributed by atoms with E-state index in [4.69, 9.17) is 4.74 Å². The first-order valence-electron chi connectivity index (χ1n) is 9.68. The fraction of sp³-hybridized carbons (Fsp3) is 0.182. The smallest absolute Gasteiger partial charge is 0.251 e. The fourth-order valence-electron chi connectivity index (χ4n) is 3.22. The van der Waals surface area contributed by atoms with E-state index in [-0.39, 0.29) is 18.2 Å². The van der Waals surface area contributed by atoms with Crippen LogP contribution in [0.5, 0.6) is 11.6 Å². The number of nitrogens with zero attached hydrogens (tertiary/aromatic N) is 2. The molecule has 4 rings (SSSR count). The van der Waals surface area contributed by atoms with Gasteiger partial charge in [0.25, 0.3) is 5.91 Å². The van der Waals surface area contributed by atoms with Gasteiger partial charge in [0, 0.05) is 37.0 Å². The average molecular weight is 441 g/mol. The number of sulfonamides is 1. The number of hydrogen-bond acceptors (Lipinski definition) is 5. The van der Waals surface area contributed by atoms with Crippen molar-refractivity contribution < 1.29 is 22.3 Å². The highest BCUT2D eigenvalue weighted by atomic mass is 32.2. The van der Waals surface area contributed by atoms with E-state index in [1.54, 1.807) is 54.7 Å². The summed E-state index contributed by atoms with van der Waals surface area (Å²) in [6.45, 7) is 0.716. The molecule has 0 bridgehead atoms. The molecule has 1 aliphatic heterocycles. The zero-order valence-electron chi connectivity index (χ0n) is 16.5. The summed E-state index contributed by atoms with van der Waals surface area (Å²) in [7, 11) is -3.25. The Morgan fingerprint density at radius 3 is 2.58 bits per heavy atom. The molecule has 1 saturated heterocycles. The van der Waals surface area contributed by atoms with Gasteiger partial charge in [-0.25, -0.2) is 17.8 Å². The lowest BCUT2D eigenvalue weighted by Crippen LogP contribution is -2.25.